The minimum atomic E-state index is -2.21. The summed E-state index contributed by atoms with van der Waals surface area (Å²) < 4.78 is 5.23. The fraction of sp³-hybridized carbons (Fsp3) is 0.619. The average Bonchev–Trinajstić information content (AvgIpc) is 2.69. The molecule has 5 atom stereocenters. The van der Waals surface area contributed by atoms with Crippen molar-refractivity contribution in [2.75, 3.05) is 13.6 Å². The van der Waals surface area contributed by atoms with Gasteiger partial charge in [-0.1, -0.05) is 18.9 Å². The minimum absolute atomic E-state index is 0. The molecule has 30 heavy (non-hydrogen) atoms. The van der Waals surface area contributed by atoms with Crippen molar-refractivity contribution in [1.82, 2.24) is 4.90 Å². The standard InChI is InChI=1S/C21H27NO6.2H2O/c1-22-9-8-21-7-3-2-4-14(21)16(22)10-12-5-6-13(11-15(12)21)28-20(27)18(24)17(23)19(25)26;;/h5-6,11,14,16-18,23-24H,2-4,7-10H2,1H3,(H,25,26);2*1H2/t14-,16+,17?,18?,21+;;/m0../s1. The Hall–Kier alpha value is -2.04. The highest BCUT2D eigenvalue weighted by Gasteiger charge is 2.53. The van der Waals surface area contributed by atoms with E-state index in [1.807, 2.05) is 12.1 Å². The first-order valence-electron chi connectivity index (χ1n) is 9.98. The normalized spacial score (nSPS) is 29.2. The fourth-order valence-electron chi connectivity index (χ4n) is 5.68. The van der Waals surface area contributed by atoms with Crippen LogP contribution in [0.3, 0.4) is 0 Å². The second-order valence-corrected chi connectivity index (χ2v) is 8.48. The minimum Gasteiger partial charge on any atom is -0.479 e. The van der Waals surface area contributed by atoms with Gasteiger partial charge in [-0.25, -0.2) is 9.59 Å². The summed E-state index contributed by atoms with van der Waals surface area (Å²) in [7, 11) is 2.21. The van der Waals surface area contributed by atoms with Gasteiger partial charge in [-0.15, -0.1) is 0 Å². The lowest BCUT2D eigenvalue weighted by Gasteiger charge is -2.58. The number of ether oxygens (including phenoxy) is 1. The highest BCUT2D eigenvalue weighted by molar-refractivity contribution is 5.85. The van der Waals surface area contributed by atoms with Gasteiger partial charge in [0, 0.05) is 11.5 Å². The number of carbonyl (C=O) groups is 2. The van der Waals surface area contributed by atoms with Crippen LogP contribution >= 0.6 is 0 Å². The third-order valence-electron chi connectivity index (χ3n) is 7.10. The monoisotopic (exact) mass is 425 g/mol. The van der Waals surface area contributed by atoms with Crippen LogP contribution in [-0.2, 0) is 21.4 Å². The molecule has 0 radical (unpaired) electrons. The van der Waals surface area contributed by atoms with E-state index in [-0.39, 0.29) is 22.1 Å². The van der Waals surface area contributed by atoms with Crippen molar-refractivity contribution in [2.24, 2.45) is 5.92 Å². The molecule has 2 aliphatic carbocycles. The zero-order valence-electron chi connectivity index (χ0n) is 17.0. The van der Waals surface area contributed by atoms with Crippen molar-refractivity contribution in [3.05, 3.63) is 29.3 Å². The van der Waals surface area contributed by atoms with Crippen LogP contribution in [0.25, 0.3) is 0 Å². The van der Waals surface area contributed by atoms with Gasteiger partial charge in [0.1, 0.15) is 5.75 Å². The molecule has 9 nitrogen and oxygen atoms in total. The van der Waals surface area contributed by atoms with E-state index < -0.39 is 24.1 Å². The number of hydrogen-bond donors (Lipinski definition) is 3. The first-order valence-corrected chi connectivity index (χ1v) is 9.98. The van der Waals surface area contributed by atoms with Crippen LogP contribution < -0.4 is 4.74 Å². The maximum absolute atomic E-state index is 12.1. The smallest absolute Gasteiger partial charge is 0.343 e. The lowest BCUT2D eigenvalue weighted by atomic mass is 9.52. The number of rotatable bonds is 4. The number of esters is 1. The van der Waals surface area contributed by atoms with E-state index in [2.05, 4.69) is 11.9 Å². The molecule has 0 amide bonds. The van der Waals surface area contributed by atoms with E-state index in [0.717, 1.165) is 25.8 Å². The second-order valence-electron chi connectivity index (χ2n) is 8.48. The van der Waals surface area contributed by atoms with Gasteiger partial charge >= 0.3 is 11.9 Å². The number of piperidine rings is 1. The van der Waals surface area contributed by atoms with Crippen LogP contribution in [0, 0.1) is 5.92 Å². The van der Waals surface area contributed by atoms with Crippen molar-refractivity contribution in [2.45, 2.75) is 62.2 Å². The van der Waals surface area contributed by atoms with Gasteiger partial charge in [-0.2, -0.15) is 0 Å². The summed E-state index contributed by atoms with van der Waals surface area (Å²) in [6.07, 6.45) is 2.51. The molecule has 7 N–H and O–H groups in total. The summed E-state index contributed by atoms with van der Waals surface area (Å²) in [6, 6.07) is 6.11. The second kappa shape index (κ2) is 8.99. The fourth-order valence-corrected chi connectivity index (χ4v) is 5.68. The number of nitrogens with zero attached hydrogens (tertiary/aromatic N) is 1. The molecule has 4 rings (SSSR count). The Morgan fingerprint density at radius 2 is 1.90 bits per heavy atom. The molecule has 1 saturated carbocycles. The Balaban J connectivity index is 0.00000160. The molecule has 9 heteroatoms. The molecule has 1 aromatic carbocycles. The molecular formula is C21H31NO8. The maximum atomic E-state index is 12.1. The third kappa shape index (κ3) is 3.83. The van der Waals surface area contributed by atoms with Crippen LogP contribution in [0.15, 0.2) is 18.2 Å². The Labute approximate surface area is 174 Å². The zero-order valence-corrected chi connectivity index (χ0v) is 17.0. The topological polar surface area (TPSA) is 170 Å². The molecule has 3 aliphatic rings. The van der Waals surface area contributed by atoms with Gasteiger partial charge in [0.05, 0.1) is 0 Å². The number of aliphatic hydroxyl groups is 2. The first-order chi connectivity index (χ1) is 13.3. The molecule has 1 aromatic rings. The van der Waals surface area contributed by atoms with Crippen molar-refractivity contribution >= 4 is 11.9 Å². The van der Waals surface area contributed by atoms with E-state index in [4.69, 9.17) is 9.84 Å². The number of fused-ring (bicyclic) bond motifs is 1. The highest BCUT2D eigenvalue weighted by atomic mass is 16.6. The van der Waals surface area contributed by atoms with Crippen LogP contribution in [0.5, 0.6) is 5.75 Å². The quantitative estimate of drug-likeness (QED) is 0.428. The molecule has 2 unspecified atom stereocenters. The molecule has 168 valence electrons. The first kappa shape index (κ1) is 24.2. The van der Waals surface area contributed by atoms with Gasteiger partial charge in [-0.3, -0.25) is 0 Å². The molecule has 1 aliphatic heterocycles. The number of likely N-dealkylation sites (tertiary alicyclic amines) is 1. The van der Waals surface area contributed by atoms with E-state index in [1.165, 1.54) is 30.4 Å². The van der Waals surface area contributed by atoms with Crippen molar-refractivity contribution in [3.8, 4) is 5.75 Å². The summed E-state index contributed by atoms with van der Waals surface area (Å²) in [4.78, 5) is 25.3. The van der Waals surface area contributed by atoms with Crippen LogP contribution in [0.4, 0.5) is 0 Å². The molecule has 1 heterocycles. The van der Waals surface area contributed by atoms with Gasteiger partial charge in [0.15, 0.2) is 12.2 Å². The van der Waals surface area contributed by atoms with Crippen molar-refractivity contribution in [3.63, 3.8) is 0 Å². The van der Waals surface area contributed by atoms with Crippen molar-refractivity contribution in [1.29, 1.82) is 0 Å². The third-order valence-corrected chi connectivity index (χ3v) is 7.10. The average molecular weight is 425 g/mol. The largest absolute Gasteiger partial charge is 0.479 e. The van der Waals surface area contributed by atoms with E-state index in [1.54, 1.807) is 6.07 Å². The maximum Gasteiger partial charge on any atom is 0.343 e. The Morgan fingerprint density at radius 1 is 1.17 bits per heavy atom. The van der Waals surface area contributed by atoms with Crippen molar-refractivity contribution < 1.29 is 40.6 Å². The number of carbonyl (C=O) groups excluding carboxylic acids is 1. The predicted molar refractivity (Wildman–Crippen MR) is 107 cm³/mol. The van der Waals surface area contributed by atoms with Crippen LogP contribution in [-0.4, -0.2) is 75.0 Å². The molecule has 0 spiro atoms. The number of hydrogen-bond acceptors (Lipinski definition) is 6. The Kier molecular flexibility index (Phi) is 7.26. The van der Waals surface area contributed by atoms with E-state index >= 15 is 0 Å². The molecule has 2 fully saturated rings. The molecule has 2 bridgehead atoms. The molecule has 1 saturated heterocycles. The lowest BCUT2D eigenvalue weighted by molar-refractivity contribution is -0.164. The SMILES string of the molecule is CN1CC[C@]23CCCC[C@H]2[C@H]1Cc1ccc(OC(=O)C(O)C(O)C(=O)O)cc13.O.O. The summed E-state index contributed by atoms with van der Waals surface area (Å²) in [6.45, 7) is 1.05. The van der Waals surface area contributed by atoms with Crippen LogP contribution in [0.2, 0.25) is 0 Å². The van der Waals surface area contributed by atoms with Gasteiger partial charge in [0.2, 0.25) is 0 Å². The summed E-state index contributed by atoms with van der Waals surface area (Å²) in [5, 5.41) is 27.8. The van der Waals surface area contributed by atoms with Gasteiger partial charge < -0.3 is 35.9 Å². The Bertz CT molecular complexity index is 799. The highest BCUT2D eigenvalue weighted by Crippen LogP contribution is 2.55. The number of carboxylic acid groups (broad SMARTS) is 1. The van der Waals surface area contributed by atoms with E-state index in [9.17, 15) is 19.8 Å². The van der Waals surface area contributed by atoms with Gasteiger partial charge in [0.25, 0.3) is 0 Å². The summed E-state index contributed by atoms with van der Waals surface area (Å²) in [5.41, 5.74) is 2.62. The number of aliphatic carboxylic acids is 1. The lowest BCUT2D eigenvalue weighted by Crippen LogP contribution is -2.59. The molecule has 0 aromatic heterocycles. The number of benzene rings is 1. The van der Waals surface area contributed by atoms with Gasteiger partial charge in [-0.05, 0) is 68.5 Å². The number of carboxylic acids is 1. The van der Waals surface area contributed by atoms with E-state index in [0.29, 0.717) is 12.0 Å². The number of aliphatic hydroxyl groups excluding tert-OH is 2. The Morgan fingerprint density at radius 3 is 2.60 bits per heavy atom. The van der Waals surface area contributed by atoms with Crippen LogP contribution in [0.1, 0.15) is 43.2 Å². The predicted octanol–water partition coefficient (Wildman–Crippen LogP) is -0.563. The number of likely N-dealkylation sites (N-methyl/N-ethyl adjacent to an activating group) is 1. The molecular weight excluding hydrogens is 394 g/mol. The summed E-state index contributed by atoms with van der Waals surface area (Å²) >= 11 is 0. The summed E-state index contributed by atoms with van der Waals surface area (Å²) in [5.74, 6) is -1.95. The zero-order chi connectivity index (χ0) is 20.1.